The quantitative estimate of drug-likeness (QED) is 0.542. The number of hydrogen-bond acceptors (Lipinski definition) is 5. The Balaban J connectivity index is 2.03. The Bertz CT molecular complexity index is 583. The van der Waals surface area contributed by atoms with Crippen LogP contribution in [0.25, 0.3) is 0 Å². The molecule has 0 bridgehead atoms. The normalized spacial score (nSPS) is 27.8. The number of imide groups is 1. The van der Waals surface area contributed by atoms with Crippen molar-refractivity contribution < 1.29 is 23.9 Å². The van der Waals surface area contributed by atoms with E-state index in [0.717, 1.165) is 17.7 Å². The standard InChI is InChI=1S/C18H29N3O5/c1-5-12(3)14(15(23)26-4)19-13(22)10-21-16(24)18(20-17(21)25)8-6-11(2)7-9-18/h11-12,14H,5-10H2,1-4H3,(H,19,22)(H,20,25)/t11?,12-,14+,18?/m1/s1. The highest BCUT2D eigenvalue weighted by Crippen LogP contribution is 2.36. The summed E-state index contributed by atoms with van der Waals surface area (Å²) < 4.78 is 4.74. The summed E-state index contributed by atoms with van der Waals surface area (Å²) in [5, 5.41) is 5.38. The lowest BCUT2D eigenvalue weighted by molar-refractivity contribution is -0.146. The van der Waals surface area contributed by atoms with Crippen LogP contribution in [-0.4, -0.2) is 54.0 Å². The molecule has 4 amide bonds. The number of urea groups is 1. The van der Waals surface area contributed by atoms with E-state index in [1.807, 2.05) is 13.8 Å². The molecular formula is C18H29N3O5. The van der Waals surface area contributed by atoms with Gasteiger partial charge in [-0.05, 0) is 37.5 Å². The number of methoxy groups -OCH3 is 1. The van der Waals surface area contributed by atoms with E-state index in [2.05, 4.69) is 17.6 Å². The van der Waals surface area contributed by atoms with Gasteiger partial charge in [0, 0.05) is 0 Å². The van der Waals surface area contributed by atoms with Crippen molar-refractivity contribution in [3.8, 4) is 0 Å². The first-order valence-corrected chi connectivity index (χ1v) is 9.25. The molecule has 2 N–H and O–H groups in total. The molecule has 1 heterocycles. The van der Waals surface area contributed by atoms with Crippen LogP contribution in [0.1, 0.15) is 52.9 Å². The molecule has 0 aromatic carbocycles. The Morgan fingerprint density at radius 3 is 2.50 bits per heavy atom. The summed E-state index contributed by atoms with van der Waals surface area (Å²) in [6.07, 6.45) is 3.59. The summed E-state index contributed by atoms with van der Waals surface area (Å²) in [4.78, 5) is 50.3. The fourth-order valence-electron chi connectivity index (χ4n) is 3.57. The molecule has 1 saturated carbocycles. The molecular weight excluding hydrogens is 338 g/mol. The van der Waals surface area contributed by atoms with Gasteiger partial charge >= 0.3 is 12.0 Å². The third-order valence-electron chi connectivity index (χ3n) is 5.66. The van der Waals surface area contributed by atoms with Gasteiger partial charge in [0.1, 0.15) is 18.1 Å². The number of ether oxygens (including phenoxy) is 1. The van der Waals surface area contributed by atoms with Crippen LogP contribution in [0.2, 0.25) is 0 Å². The van der Waals surface area contributed by atoms with E-state index in [4.69, 9.17) is 4.74 Å². The molecule has 0 radical (unpaired) electrons. The van der Waals surface area contributed by atoms with E-state index in [1.54, 1.807) is 0 Å². The predicted octanol–water partition coefficient (Wildman–Crippen LogP) is 1.19. The molecule has 2 rings (SSSR count). The molecule has 2 fully saturated rings. The molecule has 1 aliphatic heterocycles. The lowest BCUT2D eigenvalue weighted by atomic mass is 9.77. The molecule has 0 unspecified atom stereocenters. The maximum Gasteiger partial charge on any atom is 0.328 e. The van der Waals surface area contributed by atoms with Gasteiger partial charge in [0.05, 0.1) is 7.11 Å². The summed E-state index contributed by atoms with van der Waals surface area (Å²) in [5.74, 6) is -1.03. The van der Waals surface area contributed by atoms with E-state index in [1.165, 1.54) is 7.11 Å². The van der Waals surface area contributed by atoms with Crippen LogP contribution in [-0.2, 0) is 19.1 Å². The minimum Gasteiger partial charge on any atom is -0.467 e. The molecule has 1 saturated heterocycles. The second-order valence-electron chi connectivity index (χ2n) is 7.54. The van der Waals surface area contributed by atoms with Crippen LogP contribution < -0.4 is 10.6 Å². The number of rotatable bonds is 6. The minimum absolute atomic E-state index is 0.124. The number of esters is 1. The minimum atomic E-state index is -0.873. The lowest BCUT2D eigenvalue weighted by Gasteiger charge is -2.33. The van der Waals surface area contributed by atoms with Gasteiger partial charge in [-0.25, -0.2) is 9.59 Å². The second kappa shape index (κ2) is 8.05. The van der Waals surface area contributed by atoms with Crippen molar-refractivity contribution in [1.82, 2.24) is 15.5 Å². The SMILES string of the molecule is CC[C@@H](C)[C@H](NC(=O)CN1C(=O)NC2(CCC(C)CC2)C1=O)C(=O)OC. The predicted molar refractivity (Wildman–Crippen MR) is 94.0 cm³/mol. The second-order valence-corrected chi connectivity index (χ2v) is 7.54. The van der Waals surface area contributed by atoms with Crippen LogP contribution in [0.5, 0.6) is 0 Å². The zero-order valence-electron chi connectivity index (χ0n) is 16.0. The Morgan fingerprint density at radius 1 is 1.35 bits per heavy atom. The number of carbonyl (C=O) groups excluding carboxylic acids is 4. The van der Waals surface area contributed by atoms with E-state index in [0.29, 0.717) is 25.2 Å². The molecule has 26 heavy (non-hydrogen) atoms. The van der Waals surface area contributed by atoms with Crippen LogP contribution in [0, 0.1) is 11.8 Å². The highest BCUT2D eigenvalue weighted by molar-refractivity contribution is 6.09. The van der Waals surface area contributed by atoms with Gasteiger partial charge in [-0.2, -0.15) is 0 Å². The number of carbonyl (C=O) groups is 4. The Morgan fingerprint density at radius 2 is 1.96 bits per heavy atom. The molecule has 8 heteroatoms. The molecule has 1 spiro atoms. The molecule has 8 nitrogen and oxygen atoms in total. The molecule has 146 valence electrons. The van der Waals surface area contributed by atoms with Gasteiger partial charge in [-0.15, -0.1) is 0 Å². The average molecular weight is 367 g/mol. The lowest BCUT2D eigenvalue weighted by Crippen LogP contribution is -2.51. The summed E-state index contributed by atoms with van der Waals surface area (Å²) >= 11 is 0. The van der Waals surface area contributed by atoms with Crippen molar-refractivity contribution in [3.63, 3.8) is 0 Å². The van der Waals surface area contributed by atoms with E-state index in [-0.39, 0.29) is 11.8 Å². The van der Waals surface area contributed by atoms with Crippen molar-refractivity contribution in [1.29, 1.82) is 0 Å². The summed E-state index contributed by atoms with van der Waals surface area (Å²) in [6, 6.07) is -1.35. The first kappa shape index (κ1) is 20.2. The first-order chi connectivity index (χ1) is 12.2. The first-order valence-electron chi connectivity index (χ1n) is 9.25. The van der Waals surface area contributed by atoms with Crippen molar-refractivity contribution in [2.45, 2.75) is 64.5 Å². The van der Waals surface area contributed by atoms with Gasteiger partial charge in [0.2, 0.25) is 5.91 Å². The molecule has 2 aliphatic rings. The fraction of sp³-hybridized carbons (Fsp3) is 0.778. The van der Waals surface area contributed by atoms with Crippen molar-refractivity contribution in [3.05, 3.63) is 0 Å². The maximum atomic E-state index is 12.8. The number of hydrogen-bond donors (Lipinski definition) is 2. The number of nitrogens with one attached hydrogen (secondary N) is 2. The maximum absolute atomic E-state index is 12.8. The van der Waals surface area contributed by atoms with Crippen LogP contribution >= 0.6 is 0 Å². The van der Waals surface area contributed by atoms with Gasteiger partial charge in [0.25, 0.3) is 5.91 Å². The Labute approximate surface area is 154 Å². The summed E-state index contributed by atoms with van der Waals surface area (Å²) in [5.41, 5.74) is -0.873. The average Bonchev–Trinajstić information content (AvgIpc) is 2.85. The molecule has 1 aliphatic carbocycles. The summed E-state index contributed by atoms with van der Waals surface area (Å²) in [6.45, 7) is 5.46. The zero-order valence-corrected chi connectivity index (χ0v) is 16.0. The van der Waals surface area contributed by atoms with Gasteiger partial charge in [-0.1, -0.05) is 27.2 Å². The Hall–Kier alpha value is -2.12. The van der Waals surface area contributed by atoms with Crippen molar-refractivity contribution in [2.75, 3.05) is 13.7 Å². The third-order valence-corrected chi connectivity index (χ3v) is 5.66. The van der Waals surface area contributed by atoms with Crippen molar-refractivity contribution in [2.24, 2.45) is 11.8 Å². The monoisotopic (exact) mass is 367 g/mol. The van der Waals surface area contributed by atoms with Crippen LogP contribution in [0.15, 0.2) is 0 Å². The third kappa shape index (κ3) is 3.99. The topological polar surface area (TPSA) is 105 Å². The molecule has 0 aromatic heterocycles. The zero-order chi connectivity index (χ0) is 19.5. The molecule has 2 atom stereocenters. The van der Waals surface area contributed by atoms with Gasteiger partial charge in [0.15, 0.2) is 0 Å². The van der Waals surface area contributed by atoms with Crippen LogP contribution in [0.3, 0.4) is 0 Å². The molecule has 0 aromatic rings. The number of nitrogens with zero attached hydrogens (tertiary/aromatic N) is 1. The largest absolute Gasteiger partial charge is 0.467 e. The summed E-state index contributed by atoms with van der Waals surface area (Å²) in [7, 11) is 1.26. The highest BCUT2D eigenvalue weighted by Gasteiger charge is 2.52. The number of amides is 4. The Kier molecular flexibility index (Phi) is 6.26. The smallest absolute Gasteiger partial charge is 0.328 e. The highest BCUT2D eigenvalue weighted by atomic mass is 16.5. The van der Waals surface area contributed by atoms with Gasteiger partial charge < -0.3 is 15.4 Å². The van der Waals surface area contributed by atoms with Crippen molar-refractivity contribution >= 4 is 23.8 Å². The van der Waals surface area contributed by atoms with Gasteiger partial charge in [-0.3, -0.25) is 14.5 Å². The van der Waals surface area contributed by atoms with Crippen LogP contribution in [0.4, 0.5) is 4.79 Å². The fourth-order valence-corrected chi connectivity index (χ4v) is 3.57. The van der Waals surface area contributed by atoms with E-state index < -0.39 is 36.0 Å². The van der Waals surface area contributed by atoms with E-state index in [9.17, 15) is 19.2 Å². The van der Waals surface area contributed by atoms with E-state index >= 15 is 0 Å².